The first-order valence-electron chi connectivity index (χ1n) is 5.40. The predicted molar refractivity (Wildman–Crippen MR) is 59.9 cm³/mol. The Hall–Kier alpha value is -2.16. The maximum atomic E-state index is 12.5. The smallest absolute Gasteiger partial charge is 0.434 e. The van der Waals surface area contributed by atoms with Crippen molar-refractivity contribution in [2.75, 3.05) is 0 Å². The Morgan fingerprint density at radius 2 is 2.00 bits per heavy atom. The molecule has 6 nitrogen and oxygen atoms in total. The third-order valence-corrected chi connectivity index (χ3v) is 2.01. The number of hydrogen-bond donors (Lipinski definition) is 2. The fourth-order valence-corrected chi connectivity index (χ4v) is 1.20. The van der Waals surface area contributed by atoms with Crippen molar-refractivity contribution in [3.05, 3.63) is 29.1 Å². The molecule has 0 atom stereocenters. The lowest BCUT2D eigenvalue weighted by atomic mass is 10.1. The molecule has 0 aliphatic carbocycles. The Morgan fingerprint density at radius 3 is 2.45 bits per heavy atom. The molecule has 0 fully saturated rings. The highest BCUT2D eigenvalue weighted by atomic mass is 19.4. The van der Waals surface area contributed by atoms with Gasteiger partial charge in [-0.05, 0) is 19.9 Å². The van der Waals surface area contributed by atoms with E-state index in [1.54, 1.807) is 13.8 Å². The summed E-state index contributed by atoms with van der Waals surface area (Å²) >= 11 is 0. The summed E-state index contributed by atoms with van der Waals surface area (Å²) in [6.07, 6.45) is -4.31. The number of nitrogens with one attached hydrogen (secondary N) is 1. The highest BCUT2D eigenvalue weighted by molar-refractivity contribution is 5.94. The van der Waals surface area contributed by atoms with Crippen LogP contribution in [0.2, 0.25) is 0 Å². The van der Waals surface area contributed by atoms with Gasteiger partial charge in [0, 0.05) is 12.2 Å². The number of hydrogen-bond acceptors (Lipinski definition) is 5. The van der Waals surface area contributed by atoms with Gasteiger partial charge in [-0.25, -0.2) is 9.59 Å². The van der Waals surface area contributed by atoms with Gasteiger partial charge in [0.1, 0.15) is 0 Å². The molecule has 110 valence electrons. The van der Waals surface area contributed by atoms with Crippen LogP contribution < -0.4 is 5.48 Å². The minimum absolute atomic E-state index is 0.208. The number of carbonyl (C=O) groups excluding carboxylic acids is 1. The van der Waals surface area contributed by atoms with E-state index in [-0.39, 0.29) is 6.04 Å². The fourth-order valence-electron chi connectivity index (χ4n) is 1.20. The van der Waals surface area contributed by atoms with Gasteiger partial charge in [-0.15, -0.1) is 0 Å². The number of carboxylic acid groups (broad SMARTS) is 1. The van der Waals surface area contributed by atoms with Crippen molar-refractivity contribution in [3.63, 3.8) is 0 Å². The lowest BCUT2D eigenvalue weighted by Crippen LogP contribution is -2.27. The summed E-state index contributed by atoms with van der Waals surface area (Å²) in [6, 6.07) is 0.364. The SMILES string of the molecule is CC(C)NOC(=O)c1cnc(C(F)(F)F)c(C(=O)O)c1. The standard InChI is InChI=1S/C11H11F3N2O4/c1-5(2)16-20-10(19)6-3-7(9(17)18)8(15-4-6)11(12,13)14/h3-5,16H,1-2H3,(H,17,18). The average molecular weight is 292 g/mol. The first kappa shape index (κ1) is 15.9. The van der Waals surface area contributed by atoms with Gasteiger partial charge in [-0.3, -0.25) is 4.98 Å². The van der Waals surface area contributed by atoms with E-state index in [4.69, 9.17) is 5.11 Å². The summed E-state index contributed by atoms with van der Waals surface area (Å²) in [5.41, 5.74) is -0.794. The van der Waals surface area contributed by atoms with Crippen LogP contribution in [0.4, 0.5) is 13.2 Å². The number of nitrogens with zero attached hydrogens (tertiary/aromatic N) is 1. The maximum Gasteiger partial charge on any atom is 0.434 e. The van der Waals surface area contributed by atoms with Crippen LogP contribution in [0, 0.1) is 0 Å². The molecule has 0 aliphatic rings. The van der Waals surface area contributed by atoms with Crippen LogP contribution in [0.5, 0.6) is 0 Å². The van der Waals surface area contributed by atoms with Crippen molar-refractivity contribution in [2.45, 2.75) is 26.1 Å². The summed E-state index contributed by atoms with van der Waals surface area (Å²) < 4.78 is 37.6. The zero-order valence-corrected chi connectivity index (χ0v) is 10.5. The van der Waals surface area contributed by atoms with Gasteiger partial charge in [-0.2, -0.15) is 18.7 Å². The Kier molecular flexibility index (Phi) is 4.66. The zero-order chi connectivity index (χ0) is 15.5. The Labute approximate surface area is 111 Å². The lowest BCUT2D eigenvalue weighted by Gasteiger charge is -2.11. The lowest BCUT2D eigenvalue weighted by molar-refractivity contribution is -0.141. The molecule has 20 heavy (non-hydrogen) atoms. The van der Waals surface area contributed by atoms with Crippen molar-refractivity contribution >= 4 is 11.9 Å². The Bertz CT molecular complexity index is 529. The quantitative estimate of drug-likeness (QED) is 0.824. The van der Waals surface area contributed by atoms with Gasteiger partial charge in [-0.1, -0.05) is 0 Å². The van der Waals surface area contributed by atoms with Crippen molar-refractivity contribution in [1.29, 1.82) is 0 Å². The second-order valence-electron chi connectivity index (χ2n) is 4.09. The maximum absolute atomic E-state index is 12.5. The predicted octanol–water partition coefficient (Wildman–Crippen LogP) is 1.87. The number of pyridine rings is 1. The molecule has 0 saturated carbocycles. The molecular weight excluding hydrogens is 281 g/mol. The minimum atomic E-state index is -4.92. The van der Waals surface area contributed by atoms with Crippen LogP contribution in [-0.4, -0.2) is 28.1 Å². The monoisotopic (exact) mass is 292 g/mol. The summed E-state index contributed by atoms with van der Waals surface area (Å²) in [5, 5.41) is 8.75. The number of rotatable bonds is 4. The van der Waals surface area contributed by atoms with Crippen molar-refractivity contribution < 1.29 is 32.7 Å². The molecule has 9 heteroatoms. The fraction of sp³-hybridized carbons (Fsp3) is 0.364. The number of carboxylic acids is 1. The van der Waals surface area contributed by atoms with Gasteiger partial charge < -0.3 is 9.94 Å². The Morgan fingerprint density at radius 1 is 1.40 bits per heavy atom. The van der Waals surface area contributed by atoms with E-state index in [1.165, 1.54) is 0 Å². The molecule has 2 N–H and O–H groups in total. The highest BCUT2D eigenvalue weighted by Crippen LogP contribution is 2.30. The van der Waals surface area contributed by atoms with Gasteiger partial charge in [0.15, 0.2) is 5.69 Å². The van der Waals surface area contributed by atoms with Crippen LogP contribution in [-0.2, 0) is 11.0 Å². The molecule has 0 aliphatic heterocycles. The molecule has 1 heterocycles. The van der Waals surface area contributed by atoms with Gasteiger partial charge >= 0.3 is 18.1 Å². The largest absolute Gasteiger partial charge is 0.478 e. The van der Waals surface area contributed by atoms with E-state index in [0.717, 1.165) is 0 Å². The molecule has 0 unspecified atom stereocenters. The van der Waals surface area contributed by atoms with E-state index in [2.05, 4.69) is 15.3 Å². The number of hydroxylamine groups is 1. The zero-order valence-electron chi connectivity index (χ0n) is 10.5. The summed E-state index contributed by atoms with van der Waals surface area (Å²) in [6.45, 7) is 3.34. The van der Waals surface area contributed by atoms with E-state index >= 15 is 0 Å². The molecular formula is C11H11F3N2O4. The summed E-state index contributed by atoms with van der Waals surface area (Å²) in [4.78, 5) is 29.8. The van der Waals surface area contributed by atoms with Gasteiger partial charge in [0.05, 0.1) is 11.1 Å². The third-order valence-electron chi connectivity index (χ3n) is 2.01. The average Bonchev–Trinajstić information content (AvgIpc) is 2.33. The second kappa shape index (κ2) is 5.87. The summed E-state index contributed by atoms with van der Waals surface area (Å²) in [5.74, 6) is -2.86. The van der Waals surface area contributed by atoms with Gasteiger partial charge in [0.25, 0.3) is 0 Å². The van der Waals surface area contributed by atoms with E-state index in [1.807, 2.05) is 0 Å². The van der Waals surface area contributed by atoms with E-state index in [9.17, 15) is 22.8 Å². The van der Waals surface area contributed by atoms with Gasteiger partial charge in [0.2, 0.25) is 0 Å². The van der Waals surface area contributed by atoms with Crippen LogP contribution in [0.25, 0.3) is 0 Å². The molecule has 0 spiro atoms. The van der Waals surface area contributed by atoms with Crippen molar-refractivity contribution in [2.24, 2.45) is 0 Å². The first-order chi connectivity index (χ1) is 9.12. The first-order valence-corrected chi connectivity index (χ1v) is 5.40. The second-order valence-corrected chi connectivity index (χ2v) is 4.09. The molecule has 1 aromatic heterocycles. The number of aromatic carboxylic acids is 1. The van der Waals surface area contributed by atoms with Crippen LogP contribution in [0.3, 0.4) is 0 Å². The number of aromatic nitrogens is 1. The molecule has 1 aromatic rings. The molecule has 1 rings (SSSR count). The summed E-state index contributed by atoms with van der Waals surface area (Å²) in [7, 11) is 0. The topological polar surface area (TPSA) is 88.5 Å². The molecule has 0 amide bonds. The Balaban J connectivity index is 3.11. The van der Waals surface area contributed by atoms with Crippen LogP contribution in [0.15, 0.2) is 12.3 Å². The van der Waals surface area contributed by atoms with Crippen molar-refractivity contribution in [1.82, 2.24) is 10.5 Å². The number of carbonyl (C=O) groups is 2. The molecule has 0 aromatic carbocycles. The third kappa shape index (κ3) is 3.92. The van der Waals surface area contributed by atoms with Crippen molar-refractivity contribution in [3.8, 4) is 0 Å². The molecule has 0 bridgehead atoms. The van der Waals surface area contributed by atoms with Crippen LogP contribution >= 0.6 is 0 Å². The normalized spacial score (nSPS) is 11.5. The number of halogens is 3. The number of alkyl halides is 3. The van der Waals surface area contributed by atoms with Crippen LogP contribution in [0.1, 0.15) is 40.3 Å². The van der Waals surface area contributed by atoms with E-state index < -0.39 is 34.9 Å². The van der Waals surface area contributed by atoms with E-state index in [0.29, 0.717) is 12.3 Å². The molecule has 0 radical (unpaired) electrons. The molecule has 0 saturated heterocycles. The highest BCUT2D eigenvalue weighted by Gasteiger charge is 2.37. The minimum Gasteiger partial charge on any atom is -0.478 e.